The molecule has 168 valence electrons. The van der Waals surface area contributed by atoms with Gasteiger partial charge in [-0.15, -0.1) is 10.2 Å². The number of nitrogens with zero attached hydrogens (tertiary/aromatic N) is 4. The van der Waals surface area contributed by atoms with Crippen molar-refractivity contribution in [3.8, 4) is 11.3 Å². The first kappa shape index (κ1) is 22.3. The first-order valence-corrected chi connectivity index (χ1v) is 12.2. The zero-order valence-electron chi connectivity index (χ0n) is 18.4. The molecule has 0 aliphatic rings. The summed E-state index contributed by atoms with van der Waals surface area (Å²) in [7, 11) is -3.82. The lowest BCUT2D eigenvalue weighted by atomic mass is 10.0. The Hall–Kier alpha value is -2.88. The van der Waals surface area contributed by atoms with Crippen LogP contribution in [0.25, 0.3) is 27.7 Å². The minimum absolute atomic E-state index is 0.172. The van der Waals surface area contributed by atoms with Gasteiger partial charge in [0.2, 0.25) is 10.0 Å². The van der Waals surface area contributed by atoms with Gasteiger partial charge in [-0.1, -0.05) is 50.2 Å². The molecule has 0 saturated heterocycles. The number of rotatable bonds is 8. The highest BCUT2D eigenvalue weighted by atomic mass is 32.2. The first-order chi connectivity index (χ1) is 15.4. The van der Waals surface area contributed by atoms with Gasteiger partial charge in [-0.25, -0.2) is 13.1 Å². The van der Waals surface area contributed by atoms with Crippen LogP contribution >= 0.6 is 0 Å². The molecule has 0 aliphatic carbocycles. The number of fused-ring (bicyclic) bond motifs is 3. The van der Waals surface area contributed by atoms with Gasteiger partial charge in [-0.05, 0) is 31.4 Å². The number of aliphatic hydroxyl groups excluding tert-OH is 1. The van der Waals surface area contributed by atoms with E-state index in [1.54, 1.807) is 23.6 Å². The van der Waals surface area contributed by atoms with E-state index in [-0.39, 0.29) is 11.5 Å². The molecule has 4 aromatic rings. The normalized spacial score (nSPS) is 13.1. The highest BCUT2D eigenvalue weighted by molar-refractivity contribution is 7.89. The predicted octanol–water partition coefficient (Wildman–Crippen LogP) is 3.25. The van der Waals surface area contributed by atoms with Crippen molar-refractivity contribution in [2.24, 2.45) is 0 Å². The Balaban J connectivity index is 1.93. The molecular formula is C23H27N5O3S. The molecule has 2 heterocycles. The van der Waals surface area contributed by atoms with E-state index in [0.29, 0.717) is 28.9 Å². The highest BCUT2D eigenvalue weighted by Gasteiger charge is 2.22. The van der Waals surface area contributed by atoms with E-state index < -0.39 is 16.1 Å². The van der Waals surface area contributed by atoms with Gasteiger partial charge >= 0.3 is 0 Å². The first-order valence-electron chi connectivity index (χ1n) is 10.8. The van der Waals surface area contributed by atoms with Crippen LogP contribution in [-0.2, 0) is 16.4 Å². The summed E-state index contributed by atoms with van der Waals surface area (Å²) in [4.78, 5) is 0.172. The third-order valence-electron chi connectivity index (χ3n) is 5.59. The topological polar surface area (TPSA) is 109 Å². The maximum Gasteiger partial charge on any atom is 0.241 e. The van der Waals surface area contributed by atoms with Crippen LogP contribution < -0.4 is 4.72 Å². The fourth-order valence-corrected chi connectivity index (χ4v) is 5.37. The van der Waals surface area contributed by atoms with E-state index in [1.165, 1.54) is 0 Å². The number of aromatic nitrogens is 4. The van der Waals surface area contributed by atoms with Crippen molar-refractivity contribution < 1.29 is 13.5 Å². The molecule has 0 saturated carbocycles. The molecule has 32 heavy (non-hydrogen) atoms. The van der Waals surface area contributed by atoms with E-state index in [0.717, 1.165) is 29.4 Å². The van der Waals surface area contributed by atoms with Gasteiger partial charge in [0.1, 0.15) is 0 Å². The van der Waals surface area contributed by atoms with E-state index in [4.69, 9.17) is 5.10 Å². The second kappa shape index (κ2) is 8.93. The van der Waals surface area contributed by atoms with Gasteiger partial charge in [0.15, 0.2) is 11.5 Å². The Morgan fingerprint density at radius 2 is 1.84 bits per heavy atom. The van der Waals surface area contributed by atoms with Crippen LogP contribution in [0.15, 0.2) is 47.4 Å². The lowest BCUT2D eigenvalue weighted by molar-refractivity contribution is 0.254. The van der Waals surface area contributed by atoms with Gasteiger partial charge in [0, 0.05) is 28.8 Å². The zero-order chi connectivity index (χ0) is 22.9. The van der Waals surface area contributed by atoms with Gasteiger partial charge in [0.05, 0.1) is 17.2 Å². The molecule has 9 heteroatoms. The zero-order valence-corrected chi connectivity index (χ0v) is 19.2. The summed E-state index contributed by atoms with van der Waals surface area (Å²) >= 11 is 0. The van der Waals surface area contributed by atoms with Crippen LogP contribution in [0.5, 0.6) is 0 Å². The summed E-state index contributed by atoms with van der Waals surface area (Å²) in [6.45, 7) is 5.39. The molecule has 8 nitrogen and oxygen atoms in total. The monoisotopic (exact) mass is 453 g/mol. The Morgan fingerprint density at radius 3 is 2.53 bits per heavy atom. The fourth-order valence-electron chi connectivity index (χ4n) is 3.79. The van der Waals surface area contributed by atoms with E-state index in [2.05, 4.69) is 21.8 Å². The lowest BCUT2D eigenvalue weighted by Crippen LogP contribution is -2.37. The minimum atomic E-state index is -3.82. The average Bonchev–Trinajstić information content (AvgIpc) is 3.20. The third kappa shape index (κ3) is 3.99. The predicted molar refractivity (Wildman–Crippen MR) is 124 cm³/mol. The summed E-state index contributed by atoms with van der Waals surface area (Å²) in [6, 6.07) is 12.6. The van der Waals surface area contributed by atoms with Gasteiger partial charge < -0.3 is 5.11 Å². The van der Waals surface area contributed by atoms with Gasteiger partial charge in [0.25, 0.3) is 0 Å². The summed E-state index contributed by atoms with van der Waals surface area (Å²) in [5, 5.41) is 24.7. The number of sulfonamides is 1. The van der Waals surface area contributed by atoms with Crippen molar-refractivity contribution in [2.45, 2.75) is 51.0 Å². The Labute approximate surface area is 187 Å². The standard InChI is InChI=1S/C23H27N5O3S/c1-4-8-21-24-25-23-19-10-7-6-9-18(19)22(26-28(21)23)16-12-11-15(3)20(13-16)32(30,31)27-17(5-2)14-29/h6-7,9-13,17,27,29H,4-5,8,14H2,1-3H3/t17-/m1/s1. The maximum absolute atomic E-state index is 13.1. The van der Waals surface area contributed by atoms with Crippen molar-refractivity contribution in [1.82, 2.24) is 24.5 Å². The van der Waals surface area contributed by atoms with Gasteiger partial charge in [-0.3, -0.25) is 0 Å². The molecule has 2 aromatic heterocycles. The number of aryl methyl sites for hydroxylation is 2. The number of nitrogens with one attached hydrogen (secondary N) is 1. The van der Waals surface area contributed by atoms with Gasteiger partial charge in [-0.2, -0.15) is 9.61 Å². The molecule has 2 N–H and O–H groups in total. The number of hydrogen-bond acceptors (Lipinski definition) is 6. The molecule has 0 unspecified atom stereocenters. The highest BCUT2D eigenvalue weighted by Crippen LogP contribution is 2.31. The largest absolute Gasteiger partial charge is 0.395 e. The Bertz CT molecular complexity index is 1380. The molecule has 0 aliphatic heterocycles. The molecule has 0 amide bonds. The molecule has 0 spiro atoms. The van der Waals surface area contributed by atoms with Crippen molar-refractivity contribution in [3.05, 3.63) is 53.9 Å². The Morgan fingerprint density at radius 1 is 1.09 bits per heavy atom. The van der Waals surface area contributed by atoms with Crippen LogP contribution in [0.3, 0.4) is 0 Å². The van der Waals surface area contributed by atoms with E-state index in [1.807, 2.05) is 37.3 Å². The van der Waals surface area contributed by atoms with Crippen molar-refractivity contribution in [1.29, 1.82) is 0 Å². The van der Waals surface area contributed by atoms with Crippen molar-refractivity contribution in [2.75, 3.05) is 6.61 Å². The molecule has 0 radical (unpaired) electrons. The maximum atomic E-state index is 13.1. The smallest absolute Gasteiger partial charge is 0.241 e. The summed E-state index contributed by atoms with van der Waals surface area (Å²) in [6.07, 6.45) is 2.14. The average molecular weight is 454 g/mol. The molecule has 0 bridgehead atoms. The summed E-state index contributed by atoms with van der Waals surface area (Å²) in [5.41, 5.74) is 2.65. The molecular weight excluding hydrogens is 426 g/mol. The third-order valence-corrected chi connectivity index (χ3v) is 7.25. The number of aliphatic hydroxyl groups is 1. The summed E-state index contributed by atoms with van der Waals surface area (Å²) in [5.74, 6) is 0.768. The second-order valence-electron chi connectivity index (χ2n) is 7.89. The SMILES string of the molecule is CCCc1nnc2c3ccccc3c(-c3ccc(C)c(S(=O)(=O)N[C@H](CC)CO)c3)nn12. The van der Waals surface area contributed by atoms with E-state index >= 15 is 0 Å². The quantitative estimate of drug-likeness (QED) is 0.424. The molecule has 1 atom stereocenters. The van der Waals surface area contributed by atoms with Crippen LogP contribution in [0.4, 0.5) is 0 Å². The second-order valence-corrected chi connectivity index (χ2v) is 9.57. The molecule has 4 rings (SSSR count). The van der Waals surface area contributed by atoms with Crippen LogP contribution in [0, 0.1) is 6.92 Å². The summed E-state index contributed by atoms with van der Waals surface area (Å²) < 4.78 is 30.5. The van der Waals surface area contributed by atoms with E-state index in [9.17, 15) is 13.5 Å². The van der Waals surface area contributed by atoms with Crippen LogP contribution in [-0.4, -0.2) is 46.0 Å². The lowest BCUT2D eigenvalue weighted by Gasteiger charge is -2.17. The number of hydrogen-bond donors (Lipinski definition) is 2. The number of benzene rings is 2. The minimum Gasteiger partial charge on any atom is -0.395 e. The van der Waals surface area contributed by atoms with Crippen molar-refractivity contribution in [3.63, 3.8) is 0 Å². The Kier molecular flexibility index (Phi) is 6.23. The fraction of sp³-hybridized carbons (Fsp3) is 0.348. The molecule has 0 fully saturated rings. The van der Waals surface area contributed by atoms with Crippen LogP contribution in [0.2, 0.25) is 0 Å². The molecule has 2 aromatic carbocycles. The van der Waals surface area contributed by atoms with Crippen LogP contribution in [0.1, 0.15) is 38.1 Å². The van der Waals surface area contributed by atoms with Crippen molar-refractivity contribution >= 4 is 26.4 Å².